The van der Waals surface area contributed by atoms with Gasteiger partial charge in [0, 0.05) is 0 Å². The van der Waals surface area contributed by atoms with Crippen molar-refractivity contribution in [2.24, 2.45) is 0 Å². The van der Waals surface area contributed by atoms with Crippen LogP contribution in [0.25, 0.3) is 0 Å². The normalized spacial score (nSPS) is 12.8. The lowest BCUT2D eigenvalue weighted by atomic mass is 10.1. The zero-order valence-electron chi connectivity index (χ0n) is 13.5. The maximum atomic E-state index is 11.5. The molecule has 0 amide bonds. The molecule has 0 spiro atoms. The largest absolute Gasteiger partial charge is 0.459 e. The third kappa shape index (κ3) is 11.6. The Kier molecular flexibility index (Phi) is 11.4. The minimum absolute atomic E-state index is 0.0401. The Bertz CT molecular complexity index is 481. The van der Waals surface area contributed by atoms with E-state index in [1.807, 2.05) is 30.3 Å². The first-order valence-corrected chi connectivity index (χ1v) is 8.71. The number of aliphatic hydroxyl groups excluding tert-OH is 1. The summed E-state index contributed by atoms with van der Waals surface area (Å²) in [7, 11) is 0. The minimum atomic E-state index is -1.65. The van der Waals surface area contributed by atoms with Gasteiger partial charge in [-0.15, -0.1) is 0 Å². The molecule has 6 nitrogen and oxygen atoms in total. The highest BCUT2D eigenvalue weighted by Gasteiger charge is 2.22. The highest BCUT2D eigenvalue weighted by Crippen LogP contribution is 2.25. The molecular weight excluding hydrogens is 395 g/mol. The minimum Gasteiger partial charge on any atom is -0.459 e. The van der Waals surface area contributed by atoms with Crippen LogP contribution < -0.4 is 0 Å². The number of benzene rings is 1. The Hall–Kier alpha value is -0.600. The maximum Gasteiger partial charge on any atom is 0.332 e. The molecule has 1 aromatic rings. The number of alkyl halides is 3. The lowest BCUT2D eigenvalue weighted by molar-refractivity contribution is -0.150. The first kappa shape index (κ1) is 22.4. The van der Waals surface area contributed by atoms with Crippen LogP contribution >= 0.6 is 34.8 Å². The van der Waals surface area contributed by atoms with E-state index in [0.717, 1.165) is 5.56 Å². The molecular formula is C16H21Cl3O6. The van der Waals surface area contributed by atoms with E-state index in [2.05, 4.69) is 0 Å². The fourth-order valence-corrected chi connectivity index (χ4v) is 1.94. The number of hydrogen-bond acceptors (Lipinski definition) is 6. The molecule has 0 saturated heterocycles. The van der Waals surface area contributed by atoms with Gasteiger partial charge in [0.2, 0.25) is 3.79 Å². The van der Waals surface area contributed by atoms with Crippen molar-refractivity contribution >= 4 is 40.8 Å². The number of esters is 1. The van der Waals surface area contributed by atoms with Crippen molar-refractivity contribution in [1.82, 2.24) is 0 Å². The third-order valence-corrected chi connectivity index (χ3v) is 3.17. The second kappa shape index (κ2) is 12.7. The molecule has 0 aromatic heterocycles. The van der Waals surface area contributed by atoms with Gasteiger partial charge in [0.25, 0.3) is 0 Å². The van der Waals surface area contributed by atoms with E-state index < -0.39 is 9.76 Å². The second-order valence-electron chi connectivity index (χ2n) is 4.90. The van der Waals surface area contributed by atoms with E-state index in [4.69, 9.17) is 58.9 Å². The predicted molar refractivity (Wildman–Crippen MR) is 95.1 cm³/mol. The molecule has 1 rings (SSSR count). The number of rotatable bonds is 12. The Labute approximate surface area is 161 Å². The van der Waals surface area contributed by atoms with Gasteiger partial charge in [-0.05, 0) is 5.56 Å². The van der Waals surface area contributed by atoms with Gasteiger partial charge in [0.05, 0.1) is 33.0 Å². The SMILES string of the molecule is O=C(COCC(OCCOCCO)c1ccccc1)OCC(Cl)(Cl)Cl. The number of aliphatic hydroxyl groups is 1. The Morgan fingerprint density at radius 1 is 1.08 bits per heavy atom. The summed E-state index contributed by atoms with van der Waals surface area (Å²) in [6.45, 7) is 0.393. The second-order valence-corrected chi connectivity index (χ2v) is 7.41. The molecule has 25 heavy (non-hydrogen) atoms. The van der Waals surface area contributed by atoms with Crippen LogP contribution in [0, 0.1) is 0 Å². The van der Waals surface area contributed by atoms with Crippen molar-refractivity contribution in [1.29, 1.82) is 0 Å². The molecule has 0 aliphatic heterocycles. The lowest BCUT2D eigenvalue weighted by Gasteiger charge is -2.18. The van der Waals surface area contributed by atoms with Crippen LogP contribution in [0.3, 0.4) is 0 Å². The van der Waals surface area contributed by atoms with E-state index in [0.29, 0.717) is 13.2 Å². The summed E-state index contributed by atoms with van der Waals surface area (Å²) in [5, 5.41) is 8.66. The van der Waals surface area contributed by atoms with Crippen molar-refractivity contribution in [3.05, 3.63) is 35.9 Å². The molecule has 9 heteroatoms. The molecule has 0 aliphatic carbocycles. The molecule has 0 heterocycles. The van der Waals surface area contributed by atoms with E-state index in [1.165, 1.54) is 0 Å². The molecule has 0 saturated carbocycles. The standard InChI is InChI=1S/C16H21Cl3O6/c17-16(18,19)12-25-15(21)11-23-10-14(13-4-2-1-3-5-13)24-9-8-22-7-6-20/h1-5,14,20H,6-12H2. The first-order valence-electron chi connectivity index (χ1n) is 7.57. The van der Waals surface area contributed by atoms with Gasteiger partial charge in [-0.1, -0.05) is 65.1 Å². The summed E-state index contributed by atoms with van der Waals surface area (Å²) in [6, 6.07) is 9.43. The summed E-state index contributed by atoms with van der Waals surface area (Å²) in [5.74, 6) is -0.635. The van der Waals surface area contributed by atoms with Gasteiger partial charge in [-0.25, -0.2) is 4.79 Å². The third-order valence-electron chi connectivity index (χ3n) is 2.84. The van der Waals surface area contributed by atoms with E-state index >= 15 is 0 Å². The topological polar surface area (TPSA) is 74.2 Å². The summed E-state index contributed by atoms with van der Waals surface area (Å²) in [4.78, 5) is 11.5. The molecule has 0 radical (unpaired) electrons. The fourth-order valence-electron chi connectivity index (χ4n) is 1.78. The van der Waals surface area contributed by atoms with Crippen LogP contribution in [0.1, 0.15) is 11.7 Å². The molecule has 0 fully saturated rings. The summed E-state index contributed by atoms with van der Waals surface area (Å²) < 4.78 is 19.3. The van der Waals surface area contributed by atoms with Crippen molar-refractivity contribution < 1.29 is 28.8 Å². The van der Waals surface area contributed by atoms with Gasteiger partial charge < -0.3 is 24.1 Å². The summed E-state index contributed by atoms with van der Waals surface area (Å²) in [6.07, 6.45) is -0.375. The fraction of sp³-hybridized carbons (Fsp3) is 0.562. The number of ether oxygens (including phenoxy) is 4. The monoisotopic (exact) mass is 414 g/mol. The van der Waals surface area contributed by atoms with Crippen LogP contribution in [-0.4, -0.2) is 61.1 Å². The van der Waals surface area contributed by atoms with Crippen LogP contribution in [0.2, 0.25) is 0 Å². The predicted octanol–water partition coefficient (Wildman–Crippen LogP) is 2.68. The van der Waals surface area contributed by atoms with Crippen molar-refractivity contribution in [3.63, 3.8) is 0 Å². The average molecular weight is 416 g/mol. The molecule has 1 unspecified atom stereocenters. The highest BCUT2D eigenvalue weighted by atomic mass is 35.6. The first-order chi connectivity index (χ1) is 11.9. The van der Waals surface area contributed by atoms with Crippen molar-refractivity contribution in [3.8, 4) is 0 Å². The van der Waals surface area contributed by atoms with Crippen molar-refractivity contribution in [2.75, 3.05) is 46.2 Å². The van der Waals surface area contributed by atoms with Gasteiger partial charge in [0.15, 0.2) is 0 Å². The summed E-state index contributed by atoms with van der Waals surface area (Å²) >= 11 is 16.5. The number of carbonyl (C=O) groups is 1. The van der Waals surface area contributed by atoms with Crippen LogP contribution in [-0.2, 0) is 23.7 Å². The highest BCUT2D eigenvalue weighted by molar-refractivity contribution is 6.67. The number of carbonyl (C=O) groups excluding carboxylic acids is 1. The smallest absolute Gasteiger partial charge is 0.332 e. The number of halogens is 3. The van der Waals surface area contributed by atoms with E-state index in [9.17, 15) is 4.79 Å². The zero-order chi connectivity index (χ0) is 18.5. The van der Waals surface area contributed by atoms with Crippen LogP contribution in [0.4, 0.5) is 0 Å². The van der Waals surface area contributed by atoms with Crippen LogP contribution in [0.15, 0.2) is 30.3 Å². The van der Waals surface area contributed by atoms with Gasteiger partial charge in [-0.2, -0.15) is 0 Å². The van der Waals surface area contributed by atoms with Gasteiger partial charge in [-0.3, -0.25) is 0 Å². The molecule has 1 atom stereocenters. The molecule has 1 aromatic carbocycles. The number of hydrogen-bond donors (Lipinski definition) is 1. The molecule has 142 valence electrons. The molecule has 0 bridgehead atoms. The van der Waals surface area contributed by atoms with Crippen molar-refractivity contribution in [2.45, 2.75) is 9.90 Å². The van der Waals surface area contributed by atoms with Gasteiger partial charge >= 0.3 is 5.97 Å². The Balaban J connectivity index is 2.39. The Morgan fingerprint density at radius 2 is 1.80 bits per heavy atom. The lowest BCUT2D eigenvalue weighted by Crippen LogP contribution is -2.22. The zero-order valence-corrected chi connectivity index (χ0v) is 15.8. The molecule has 0 aliphatic rings. The van der Waals surface area contributed by atoms with Gasteiger partial charge in [0.1, 0.15) is 19.3 Å². The maximum absolute atomic E-state index is 11.5. The average Bonchev–Trinajstić information content (AvgIpc) is 2.58. The van der Waals surface area contributed by atoms with Crippen LogP contribution in [0.5, 0.6) is 0 Å². The van der Waals surface area contributed by atoms with E-state index in [-0.39, 0.29) is 39.1 Å². The Morgan fingerprint density at radius 3 is 2.44 bits per heavy atom. The molecule has 1 N–H and O–H groups in total. The quantitative estimate of drug-likeness (QED) is 0.321. The van der Waals surface area contributed by atoms with E-state index in [1.54, 1.807) is 0 Å². The summed E-state index contributed by atoms with van der Waals surface area (Å²) in [5.41, 5.74) is 0.902.